The van der Waals surface area contributed by atoms with E-state index in [9.17, 15) is 13.2 Å². The molecule has 110 valence electrons. The fraction of sp³-hybridized carbons (Fsp3) is 0.286. The predicted molar refractivity (Wildman–Crippen MR) is 76.5 cm³/mol. The first-order valence-corrected chi connectivity index (χ1v) is 8.39. The summed E-state index contributed by atoms with van der Waals surface area (Å²) in [4.78, 5) is 12.0. The molecule has 3 rings (SSSR count). The van der Waals surface area contributed by atoms with Gasteiger partial charge in [-0.05, 0) is 6.42 Å². The van der Waals surface area contributed by atoms with E-state index >= 15 is 0 Å². The number of nitrogens with one attached hydrogen (secondary N) is 1. The van der Waals surface area contributed by atoms with Gasteiger partial charge in [0.05, 0.1) is 11.5 Å². The van der Waals surface area contributed by atoms with Gasteiger partial charge in [0.15, 0.2) is 21.3 Å². The van der Waals surface area contributed by atoms with Gasteiger partial charge in [0.2, 0.25) is 0 Å². The normalized spacial score (nSPS) is 20.3. The fourth-order valence-corrected chi connectivity index (χ4v) is 3.96. The summed E-state index contributed by atoms with van der Waals surface area (Å²) in [6, 6.07) is 10.5. The number of aromatic nitrogens is 1. The first kappa shape index (κ1) is 13.8. The first-order chi connectivity index (χ1) is 10.0. The average molecular weight is 306 g/mol. The van der Waals surface area contributed by atoms with Crippen LogP contribution in [0.4, 0.5) is 0 Å². The van der Waals surface area contributed by atoms with Gasteiger partial charge >= 0.3 is 0 Å². The molecule has 0 aliphatic carbocycles. The summed E-state index contributed by atoms with van der Waals surface area (Å²) in [6.45, 7) is 0. The van der Waals surface area contributed by atoms with E-state index in [-0.39, 0.29) is 23.2 Å². The first-order valence-electron chi connectivity index (χ1n) is 6.57. The van der Waals surface area contributed by atoms with Gasteiger partial charge in [-0.25, -0.2) is 8.42 Å². The molecule has 1 N–H and O–H groups in total. The largest absolute Gasteiger partial charge is 0.355 e. The number of nitrogens with zero attached hydrogens (tertiary/aromatic N) is 1. The van der Waals surface area contributed by atoms with Gasteiger partial charge in [-0.3, -0.25) is 4.79 Å². The molecular weight excluding hydrogens is 292 g/mol. The summed E-state index contributed by atoms with van der Waals surface area (Å²) in [5.41, 5.74) is 0.977. The molecule has 0 spiro atoms. The third-order valence-corrected chi connectivity index (χ3v) is 5.14. The lowest BCUT2D eigenvalue weighted by Gasteiger charge is -2.08. The zero-order chi connectivity index (χ0) is 14.9. The fourth-order valence-electron chi connectivity index (χ4n) is 2.29. The van der Waals surface area contributed by atoms with Crippen LogP contribution in [0.3, 0.4) is 0 Å². The van der Waals surface area contributed by atoms with Crippen LogP contribution in [-0.4, -0.2) is 37.0 Å². The molecule has 0 radical (unpaired) electrons. The van der Waals surface area contributed by atoms with Gasteiger partial charge in [0.1, 0.15) is 0 Å². The number of carbonyl (C=O) groups is 1. The lowest BCUT2D eigenvalue weighted by atomic mass is 10.1. The minimum Gasteiger partial charge on any atom is -0.355 e. The standard InChI is InChI=1S/C14H14N2O4S/c17-14(15-11-6-7-21(18,19)9-11)12-8-13(20-16-12)10-4-2-1-3-5-10/h1-5,8,11H,6-7,9H2,(H,15,17). The van der Waals surface area contributed by atoms with Crippen molar-refractivity contribution in [2.75, 3.05) is 11.5 Å². The number of amides is 1. The Morgan fingerprint density at radius 3 is 2.71 bits per heavy atom. The molecule has 0 bridgehead atoms. The van der Waals surface area contributed by atoms with E-state index in [2.05, 4.69) is 10.5 Å². The van der Waals surface area contributed by atoms with Gasteiger partial charge in [-0.1, -0.05) is 35.5 Å². The topological polar surface area (TPSA) is 89.3 Å². The van der Waals surface area contributed by atoms with Gasteiger partial charge in [0, 0.05) is 17.7 Å². The van der Waals surface area contributed by atoms with E-state index in [0.29, 0.717) is 12.2 Å². The van der Waals surface area contributed by atoms with Crippen LogP contribution in [0.5, 0.6) is 0 Å². The number of carbonyl (C=O) groups excluding carboxylic acids is 1. The van der Waals surface area contributed by atoms with Crippen LogP contribution in [0.15, 0.2) is 40.9 Å². The highest BCUT2D eigenvalue weighted by Gasteiger charge is 2.29. The molecule has 1 fully saturated rings. The molecule has 2 aromatic rings. The van der Waals surface area contributed by atoms with Crippen LogP contribution in [0.1, 0.15) is 16.9 Å². The summed E-state index contributed by atoms with van der Waals surface area (Å²) in [7, 11) is -3.02. The van der Waals surface area contributed by atoms with E-state index in [1.807, 2.05) is 30.3 Å². The number of hydrogen-bond donors (Lipinski definition) is 1. The quantitative estimate of drug-likeness (QED) is 0.922. The monoisotopic (exact) mass is 306 g/mol. The van der Waals surface area contributed by atoms with Gasteiger partial charge in [-0.2, -0.15) is 0 Å². The summed E-state index contributed by atoms with van der Waals surface area (Å²) in [5, 5.41) is 6.41. The molecule has 6 nitrogen and oxygen atoms in total. The highest BCUT2D eigenvalue weighted by atomic mass is 32.2. The molecule has 21 heavy (non-hydrogen) atoms. The molecule has 1 atom stereocenters. The Morgan fingerprint density at radius 1 is 1.29 bits per heavy atom. The lowest BCUT2D eigenvalue weighted by molar-refractivity contribution is 0.0932. The summed E-state index contributed by atoms with van der Waals surface area (Å²) in [6.07, 6.45) is 0.442. The molecule has 0 saturated carbocycles. The average Bonchev–Trinajstić information content (AvgIpc) is 3.07. The predicted octanol–water partition coefficient (Wildman–Crippen LogP) is 1.26. The van der Waals surface area contributed by atoms with Crippen molar-refractivity contribution in [3.05, 3.63) is 42.1 Å². The zero-order valence-electron chi connectivity index (χ0n) is 11.2. The molecule has 1 aromatic heterocycles. The minimum absolute atomic E-state index is 0.0118. The number of hydrogen-bond acceptors (Lipinski definition) is 5. The van der Waals surface area contributed by atoms with Crippen molar-refractivity contribution >= 4 is 15.7 Å². The van der Waals surface area contributed by atoms with Crippen LogP contribution >= 0.6 is 0 Å². The second-order valence-electron chi connectivity index (χ2n) is 5.02. The SMILES string of the molecule is O=C(NC1CCS(=O)(=O)C1)c1cc(-c2ccccc2)on1. The molecule has 1 saturated heterocycles. The number of rotatable bonds is 3. The van der Waals surface area contributed by atoms with Crippen molar-refractivity contribution in [3.8, 4) is 11.3 Å². The van der Waals surface area contributed by atoms with Crippen molar-refractivity contribution in [1.82, 2.24) is 10.5 Å². The second kappa shape index (κ2) is 5.33. The summed E-state index contributed by atoms with van der Waals surface area (Å²) >= 11 is 0. The lowest BCUT2D eigenvalue weighted by Crippen LogP contribution is -2.35. The highest BCUT2D eigenvalue weighted by Crippen LogP contribution is 2.20. The van der Waals surface area contributed by atoms with Gasteiger partial charge in [-0.15, -0.1) is 0 Å². The molecule has 1 amide bonds. The van der Waals surface area contributed by atoms with Crippen molar-refractivity contribution < 1.29 is 17.7 Å². The Balaban J connectivity index is 1.70. The number of sulfone groups is 1. The highest BCUT2D eigenvalue weighted by molar-refractivity contribution is 7.91. The molecular formula is C14H14N2O4S. The van der Waals surface area contributed by atoms with Crippen molar-refractivity contribution in [2.24, 2.45) is 0 Å². The molecule has 1 aliphatic rings. The molecule has 1 unspecified atom stereocenters. The second-order valence-corrected chi connectivity index (χ2v) is 7.24. The van der Waals surface area contributed by atoms with Gasteiger partial charge < -0.3 is 9.84 Å². The Bertz CT molecular complexity index is 752. The van der Waals surface area contributed by atoms with Crippen LogP contribution in [0, 0.1) is 0 Å². The zero-order valence-corrected chi connectivity index (χ0v) is 12.0. The van der Waals surface area contributed by atoms with Crippen LogP contribution in [-0.2, 0) is 9.84 Å². The number of benzene rings is 1. The molecule has 2 heterocycles. The van der Waals surface area contributed by atoms with Crippen LogP contribution < -0.4 is 5.32 Å². The maximum atomic E-state index is 12.0. The van der Waals surface area contributed by atoms with E-state index in [0.717, 1.165) is 5.56 Å². The van der Waals surface area contributed by atoms with Crippen molar-refractivity contribution in [2.45, 2.75) is 12.5 Å². The van der Waals surface area contributed by atoms with E-state index in [1.54, 1.807) is 6.07 Å². The van der Waals surface area contributed by atoms with Crippen molar-refractivity contribution in [3.63, 3.8) is 0 Å². The van der Waals surface area contributed by atoms with E-state index in [4.69, 9.17) is 4.52 Å². The maximum Gasteiger partial charge on any atom is 0.273 e. The molecule has 1 aliphatic heterocycles. The minimum atomic E-state index is -3.02. The molecule has 1 aromatic carbocycles. The van der Waals surface area contributed by atoms with Gasteiger partial charge in [0.25, 0.3) is 5.91 Å². The Morgan fingerprint density at radius 2 is 2.05 bits per heavy atom. The van der Waals surface area contributed by atoms with Crippen LogP contribution in [0.2, 0.25) is 0 Å². The Labute approximate surface area is 122 Å². The third-order valence-electron chi connectivity index (χ3n) is 3.37. The molecule has 7 heteroatoms. The summed E-state index contributed by atoms with van der Waals surface area (Å²) < 4.78 is 27.9. The smallest absolute Gasteiger partial charge is 0.273 e. The van der Waals surface area contributed by atoms with Crippen LogP contribution in [0.25, 0.3) is 11.3 Å². The Hall–Kier alpha value is -2.15. The maximum absolute atomic E-state index is 12.0. The third kappa shape index (κ3) is 3.13. The summed E-state index contributed by atoms with van der Waals surface area (Å²) in [5.74, 6) is 0.191. The van der Waals surface area contributed by atoms with E-state index < -0.39 is 15.7 Å². The Kier molecular flexibility index (Phi) is 3.50. The van der Waals surface area contributed by atoms with E-state index in [1.165, 1.54) is 0 Å². The van der Waals surface area contributed by atoms with Crippen molar-refractivity contribution in [1.29, 1.82) is 0 Å².